The molecule has 0 radical (unpaired) electrons. The summed E-state index contributed by atoms with van der Waals surface area (Å²) in [5.41, 5.74) is 0.343. The third-order valence-corrected chi connectivity index (χ3v) is 4.51. The molecule has 7 heteroatoms. The van der Waals surface area contributed by atoms with Crippen molar-refractivity contribution in [3.63, 3.8) is 0 Å². The summed E-state index contributed by atoms with van der Waals surface area (Å²) >= 11 is 6.10. The molecule has 2 amide bonds. The van der Waals surface area contributed by atoms with E-state index in [1.165, 1.54) is 6.07 Å². The van der Waals surface area contributed by atoms with Crippen LogP contribution in [0.4, 0.5) is 9.18 Å². The van der Waals surface area contributed by atoms with Gasteiger partial charge in [-0.1, -0.05) is 17.7 Å². The lowest BCUT2D eigenvalue weighted by Crippen LogP contribution is -2.44. The van der Waals surface area contributed by atoms with Crippen LogP contribution in [0.2, 0.25) is 5.02 Å². The SMILES string of the molecule is C[C@@H](CNC(=O)N(Cc1c(F)cccc1Cl)C1CC1)Oc1cccnc1. The third kappa shape index (κ3) is 4.85. The fraction of sp³-hybridized carbons (Fsp3) is 0.368. The molecule has 0 saturated heterocycles. The molecular formula is C19H21ClFN3O2. The van der Waals surface area contributed by atoms with Gasteiger partial charge in [0.1, 0.15) is 17.7 Å². The van der Waals surface area contributed by atoms with Crippen LogP contribution in [0.5, 0.6) is 5.75 Å². The second-order valence-corrected chi connectivity index (χ2v) is 6.77. The maximum absolute atomic E-state index is 14.0. The van der Waals surface area contributed by atoms with Crippen molar-refractivity contribution in [1.82, 2.24) is 15.2 Å². The van der Waals surface area contributed by atoms with Gasteiger partial charge in [0.25, 0.3) is 0 Å². The first-order valence-corrected chi connectivity index (χ1v) is 8.96. The predicted molar refractivity (Wildman–Crippen MR) is 97.7 cm³/mol. The fourth-order valence-corrected chi connectivity index (χ4v) is 2.85. The molecule has 2 aromatic rings. The van der Waals surface area contributed by atoms with Gasteiger partial charge in [-0.15, -0.1) is 0 Å². The number of amides is 2. The van der Waals surface area contributed by atoms with Gasteiger partial charge in [0.2, 0.25) is 0 Å². The van der Waals surface area contributed by atoms with Crippen molar-refractivity contribution in [3.05, 3.63) is 59.1 Å². The van der Waals surface area contributed by atoms with E-state index in [0.717, 1.165) is 12.8 Å². The Bertz CT molecular complexity index is 735. The van der Waals surface area contributed by atoms with Gasteiger partial charge in [-0.25, -0.2) is 9.18 Å². The van der Waals surface area contributed by atoms with E-state index in [-0.39, 0.29) is 24.7 Å². The molecule has 1 aliphatic rings. The van der Waals surface area contributed by atoms with Crippen LogP contribution in [-0.2, 0) is 6.54 Å². The minimum Gasteiger partial charge on any atom is -0.487 e. The Morgan fingerprint density at radius 2 is 2.23 bits per heavy atom. The average Bonchev–Trinajstić information content (AvgIpc) is 3.45. The van der Waals surface area contributed by atoms with Crippen LogP contribution in [0.3, 0.4) is 0 Å². The van der Waals surface area contributed by atoms with E-state index in [9.17, 15) is 9.18 Å². The first-order chi connectivity index (χ1) is 12.5. The molecule has 1 aromatic carbocycles. The summed E-state index contributed by atoms with van der Waals surface area (Å²) in [6.07, 6.45) is 4.90. The molecule has 1 fully saturated rings. The van der Waals surface area contributed by atoms with Crippen molar-refractivity contribution in [1.29, 1.82) is 0 Å². The Balaban J connectivity index is 1.57. The van der Waals surface area contributed by atoms with Gasteiger partial charge >= 0.3 is 6.03 Å². The topological polar surface area (TPSA) is 54.5 Å². The van der Waals surface area contributed by atoms with E-state index in [1.54, 1.807) is 35.5 Å². The van der Waals surface area contributed by atoms with Gasteiger partial charge in [0, 0.05) is 22.8 Å². The van der Waals surface area contributed by atoms with E-state index < -0.39 is 5.82 Å². The highest BCUT2D eigenvalue weighted by atomic mass is 35.5. The van der Waals surface area contributed by atoms with Crippen molar-refractivity contribution in [2.75, 3.05) is 6.54 Å². The first-order valence-electron chi connectivity index (χ1n) is 8.58. The van der Waals surface area contributed by atoms with E-state index in [1.807, 2.05) is 13.0 Å². The molecule has 3 rings (SSSR count). The molecule has 138 valence electrons. The molecular weight excluding hydrogens is 357 g/mol. The predicted octanol–water partition coefficient (Wildman–Crippen LogP) is 4.02. The second kappa shape index (κ2) is 8.36. The van der Waals surface area contributed by atoms with Crippen LogP contribution in [-0.4, -0.2) is 34.6 Å². The standard InChI is InChI=1S/C19H21ClFN3O2/c1-13(26-15-4-3-9-22-11-15)10-23-19(25)24(14-7-8-14)12-16-17(20)5-2-6-18(16)21/h2-6,9,11,13-14H,7-8,10,12H2,1H3,(H,23,25)/t13-/m0/s1. The number of hydrogen-bond donors (Lipinski definition) is 1. The number of benzene rings is 1. The number of ether oxygens (including phenoxy) is 1. The van der Waals surface area contributed by atoms with Crippen LogP contribution in [0.15, 0.2) is 42.7 Å². The van der Waals surface area contributed by atoms with Gasteiger partial charge < -0.3 is 15.0 Å². The number of nitrogens with zero attached hydrogens (tertiary/aromatic N) is 2. The summed E-state index contributed by atoms with van der Waals surface area (Å²) in [4.78, 5) is 18.2. The Labute approximate surface area is 157 Å². The summed E-state index contributed by atoms with van der Waals surface area (Å²) < 4.78 is 19.7. The number of halogens is 2. The Morgan fingerprint density at radius 1 is 1.42 bits per heavy atom. The van der Waals surface area contributed by atoms with Crippen molar-refractivity contribution in [2.24, 2.45) is 0 Å². The van der Waals surface area contributed by atoms with Gasteiger partial charge in [0.05, 0.1) is 19.3 Å². The summed E-state index contributed by atoms with van der Waals surface area (Å²) in [7, 11) is 0. The first kappa shape index (κ1) is 18.5. The van der Waals surface area contributed by atoms with E-state index in [0.29, 0.717) is 22.9 Å². The molecule has 26 heavy (non-hydrogen) atoms. The minimum atomic E-state index is -0.399. The number of hydrogen-bond acceptors (Lipinski definition) is 3. The Kier molecular flexibility index (Phi) is 5.93. The third-order valence-electron chi connectivity index (χ3n) is 4.15. The number of aromatic nitrogens is 1. The number of urea groups is 1. The second-order valence-electron chi connectivity index (χ2n) is 6.36. The summed E-state index contributed by atoms with van der Waals surface area (Å²) in [5, 5.41) is 3.19. The molecule has 5 nitrogen and oxygen atoms in total. The van der Waals surface area contributed by atoms with E-state index >= 15 is 0 Å². The quantitative estimate of drug-likeness (QED) is 0.793. The Morgan fingerprint density at radius 3 is 2.88 bits per heavy atom. The molecule has 1 saturated carbocycles. The molecule has 1 atom stereocenters. The number of nitrogens with one attached hydrogen (secondary N) is 1. The highest BCUT2D eigenvalue weighted by Crippen LogP contribution is 2.30. The minimum absolute atomic E-state index is 0.125. The summed E-state index contributed by atoms with van der Waals surface area (Å²) in [5.74, 6) is 0.246. The highest BCUT2D eigenvalue weighted by Gasteiger charge is 2.33. The van der Waals surface area contributed by atoms with Gasteiger partial charge in [-0.2, -0.15) is 0 Å². The van der Waals surface area contributed by atoms with Gasteiger partial charge in [-0.05, 0) is 44.0 Å². The molecule has 1 N–H and O–H groups in total. The lowest BCUT2D eigenvalue weighted by atomic mass is 10.2. The average molecular weight is 378 g/mol. The lowest BCUT2D eigenvalue weighted by molar-refractivity contribution is 0.177. The molecule has 0 aliphatic heterocycles. The van der Waals surface area contributed by atoms with Crippen LogP contribution in [0, 0.1) is 5.82 Å². The zero-order valence-electron chi connectivity index (χ0n) is 14.5. The van der Waals surface area contributed by atoms with Gasteiger partial charge in [-0.3, -0.25) is 4.98 Å². The maximum Gasteiger partial charge on any atom is 0.318 e. The smallest absolute Gasteiger partial charge is 0.318 e. The fourth-order valence-electron chi connectivity index (χ4n) is 2.63. The molecule has 0 bridgehead atoms. The zero-order chi connectivity index (χ0) is 18.5. The molecule has 1 heterocycles. The van der Waals surface area contributed by atoms with Crippen molar-refractivity contribution in [3.8, 4) is 5.75 Å². The summed E-state index contributed by atoms with van der Waals surface area (Å²) in [6.45, 7) is 2.35. The monoisotopic (exact) mass is 377 g/mol. The number of rotatable bonds is 7. The molecule has 0 spiro atoms. The summed E-state index contributed by atoms with van der Waals surface area (Å²) in [6, 6.07) is 8.02. The number of carbonyl (C=O) groups is 1. The van der Waals surface area contributed by atoms with E-state index in [4.69, 9.17) is 16.3 Å². The van der Waals surface area contributed by atoms with Gasteiger partial charge in [0.15, 0.2) is 0 Å². The molecule has 0 unspecified atom stereocenters. The van der Waals surface area contributed by atoms with Crippen LogP contribution < -0.4 is 10.1 Å². The van der Waals surface area contributed by atoms with Crippen molar-refractivity contribution < 1.29 is 13.9 Å². The maximum atomic E-state index is 14.0. The lowest BCUT2D eigenvalue weighted by Gasteiger charge is -2.25. The zero-order valence-corrected chi connectivity index (χ0v) is 15.2. The number of carbonyl (C=O) groups excluding carboxylic acids is 1. The number of pyridine rings is 1. The molecule has 1 aromatic heterocycles. The van der Waals surface area contributed by atoms with E-state index in [2.05, 4.69) is 10.3 Å². The molecule has 1 aliphatic carbocycles. The highest BCUT2D eigenvalue weighted by molar-refractivity contribution is 6.31. The normalized spacial score (nSPS) is 14.6. The largest absolute Gasteiger partial charge is 0.487 e. The Hall–Kier alpha value is -2.34. The van der Waals surface area contributed by atoms with Crippen molar-refractivity contribution >= 4 is 17.6 Å². The van der Waals surface area contributed by atoms with Crippen molar-refractivity contribution in [2.45, 2.75) is 38.5 Å². The van der Waals surface area contributed by atoms with Crippen LogP contribution in [0.25, 0.3) is 0 Å². The van der Waals surface area contributed by atoms with Crippen LogP contribution in [0.1, 0.15) is 25.3 Å². The van der Waals surface area contributed by atoms with Crippen LogP contribution >= 0.6 is 11.6 Å².